The van der Waals surface area contributed by atoms with E-state index in [0.717, 1.165) is 10.8 Å². The van der Waals surface area contributed by atoms with Crippen LogP contribution >= 0.6 is 0 Å². The molecule has 0 radical (unpaired) electrons. The van der Waals surface area contributed by atoms with E-state index < -0.39 is 0 Å². The van der Waals surface area contributed by atoms with Gasteiger partial charge in [0.15, 0.2) is 6.79 Å². The maximum absolute atomic E-state index is 12.9. The average Bonchev–Trinajstić information content (AvgIpc) is 2.18. The summed E-state index contributed by atoms with van der Waals surface area (Å²) in [5.74, 6) is 0.281. The Morgan fingerprint density at radius 2 is 2.07 bits per heavy atom. The smallest absolute Gasteiger partial charge is 0.186 e. The van der Waals surface area contributed by atoms with E-state index in [9.17, 15) is 4.39 Å². The SMILES string of the molecule is OCOc1cccc2cc(F)ccc12. The van der Waals surface area contributed by atoms with Crippen molar-refractivity contribution in [2.45, 2.75) is 0 Å². The molecule has 0 atom stereocenters. The molecule has 0 aliphatic heterocycles. The zero-order valence-electron chi connectivity index (χ0n) is 7.40. The number of benzene rings is 2. The second-order valence-electron chi connectivity index (χ2n) is 2.90. The van der Waals surface area contributed by atoms with E-state index in [1.54, 1.807) is 24.3 Å². The minimum atomic E-state index is -0.378. The summed E-state index contributed by atoms with van der Waals surface area (Å²) in [6.07, 6.45) is 0. The monoisotopic (exact) mass is 192 g/mol. The van der Waals surface area contributed by atoms with Gasteiger partial charge in [-0.3, -0.25) is 0 Å². The first-order valence-electron chi connectivity index (χ1n) is 4.23. The van der Waals surface area contributed by atoms with Gasteiger partial charge < -0.3 is 9.84 Å². The number of fused-ring (bicyclic) bond motifs is 1. The summed E-state index contributed by atoms with van der Waals surface area (Å²) in [6.45, 7) is -0.378. The molecule has 14 heavy (non-hydrogen) atoms. The van der Waals surface area contributed by atoms with Crippen LogP contribution in [0.1, 0.15) is 0 Å². The van der Waals surface area contributed by atoms with Crippen LogP contribution in [0.3, 0.4) is 0 Å². The minimum Gasteiger partial charge on any atom is -0.467 e. The van der Waals surface area contributed by atoms with Gasteiger partial charge in [-0.1, -0.05) is 12.1 Å². The Labute approximate surface area is 80.6 Å². The van der Waals surface area contributed by atoms with E-state index in [4.69, 9.17) is 9.84 Å². The summed E-state index contributed by atoms with van der Waals surface area (Å²) in [4.78, 5) is 0. The summed E-state index contributed by atoms with van der Waals surface area (Å²) < 4.78 is 17.9. The third-order valence-corrected chi connectivity index (χ3v) is 2.02. The maximum Gasteiger partial charge on any atom is 0.186 e. The number of rotatable bonds is 2. The van der Waals surface area contributed by atoms with Crippen LogP contribution in [0.15, 0.2) is 36.4 Å². The third kappa shape index (κ3) is 1.54. The number of hydrogen-bond donors (Lipinski definition) is 1. The molecule has 0 saturated heterocycles. The van der Waals surface area contributed by atoms with Crippen LogP contribution in [-0.2, 0) is 0 Å². The second kappa shape index (κ2) is 3.64. The fraction of sp³-hybridized carbons (Fsp3) is 0.0909. The molecule has 0 saturated carbocycles. The van der Waals surface area contributed by atoms with Gasteiger partial charge in [-0.2, -0.15) is 0 Å². The number of aliphatic hydroxyl groups is 1. The average molecular weight is 192 g/mol. The highest BCUT2D eigenvalue weighted by Crippen LogP contribution is 2.25. The molecule has 0 fully saturated rings. The number of aliphatic hydroxyl groups excluding tert-OH is 1. The van der Waals surface area contributed by atoms with Crippen molar-refractivity contribution in [1.82, 2.24) is 0 Å². The predicted octanol–water partition coefficient (Wildman–Crippen LogP) is 2.31. The normalized spacial score (nSPS) is 10.4. The molecule has 0 heterocycles. The lowest BCUT2D eigenvalue weighted by Crippen LogP contribution is -1.95. The molecule has 2 aromatic rings. The number of hydrogen-bond acceptors (Lipinski definition) is 2. The van der Waals surface area contributed by atoms with Gasteiger partial charge in [0.05, 0.1) is 0 Å². The molecule has 0 spiro atoms. The molecular formula is C11H9FO2. The van der Waals surface area contributed by atoms with Gasteiger partial charge in [0.1, 0.15) is 11.6 Å². The van der Waals surface area contributed by atoms with E-state index in [0.29, 0.717) is 5.75 Å². The molecule has 0 aliphatic carbocycles. The maximum atomic E-state index is 12.9. The van der Waals surface area contributed by atoms with Crippen LogP contribution in [0, 0.1) is 5.82 Å². The van der Waals surface area contributed by atoms with Gasteiger partial charge in [-0.25, -0.2) is 4.39 Å². The topological polar surface area (TPSA) is 29.5 Å². The van der Waals surface area contributed by atoms with Gasteiger partial charge in [0.2, 0.25) is 0 Å². The van der Waals surface area contributed by atoms with Crippen molar-refractivity contribution in [3.63, 3.8) is 0 Å². The number of ether oxygens (including phenoxy) is 1. The molecule has 1 N–H and O–H groups in total. The van der Waals surface area contributed by atoms with Crippen molar-refractivity contribution in [3.8, 4) is 5.75 Å². The van der Waals surface area contributed by atoms with Gasteiger partial charge in [-0.15, -0.1) is 0 Å². The first-order valence-corrected chi connectivity index (χ1v) is 4.23. The summed E-state index contributed by atoms with van der Waals surface area (Å²) >= 11 is 0. The molecule has 0 bridgehead atoms. The molecular weight excluding hydrogens is 183 g/mol. The standard InChI is InChI=1S/C11H9FO2/c12-9-4-5-10-8(6-9)2-1-3-11(10)14-7-13/h1-6,13H,7H2. The summed E-state index contributed by atoms with van der Waals surface area (Å²) in [5, 5.41) is 10.2. The highest BCUT2D eigenvalue weighted by Gasteiger charge is 2.01. The first-order chi connectivity index (χ1) is 6.81. The molecule has 0 aliphatic rings. The first kappa shape index (κ1) is 8.97. The van der Waals surface area contributed by atoms with Crippen molar-refractivity contribution in [3.05, 3.63) is 42.2 Å². The summed E-state index contributed by atoms with van der Waals surface area (Å²) in [6, 6.07) is 9.72. The lowest BCUT2D eigenvalue weighted by molar-refractivity contribution is 0.100. The fourth-order valence-corrected chi connectivity index (χ4v) is 1.42. The van der Waals surface area contributed by atoms with Gasteiger partial charge >= 0.3 is 0 Å². The van der Waals surface area contributed by atoms with Crippen molar-refractivity contribution in [2.24, 2.45) is 0 Å². The van der Waals surface area contributed by atoms with Crippen LogP contribution in [0.2, 0.25) is 0 Å². The Kier molecular flexibility index (Phi) is 2.33. The fourth-order valence-electron chi connectivity index (χ4n) is 1.42. The van der Waals surface area contributed by atoms with E-state index in [1.165, 1.54) is 12.1 Å². The summed E-state index contributed by atoms with van der Waals surface area (Å²) in [5.41, 5.74) is 0. The minimum absolute atomic E-state index is 0.279. The quantitative estimate of drug-likeness (QED) is 0.740. The van der Waals surface area contributed by atoms with E-state index in [-0.39, 0.29) is 12.6 Å². The Morgan fingerprint density at radius 3 is 2.86 bits per heavy atom. The Balaban J connectivity index is 2.62. The highest BCUT2D eigenvalue weighted by atomic mass is 19.1. The van der Waals surface area contributed by atoms with Gasteiger partial charge in [-0.05, 0) is 29.7 Å². The Hall–Kier alpha value is -1.61. The molecule has 2 nitrogen and oxygen atoms in total. The number of halogens is 1. The van der Waals surface area contributed by atoms with E-state index in [1.807, 2.05) is 0 Å². The van der Waals surface area contributed by atoms with Crippen molar-refractivity contribution >= 4 is 10.8 Å². The molecule has 0 unspecified atom stereocenters. The Morgan fingerprint density at radius 1 is 1.21 bits per heavy atom. The molecule has 0 aromatic heterocycles. The van der Waals surface area contributed by atoms with Crippen molar-refractivity contribution in [2.75, 3.05) is 6.79 Å². The van der Waals surface area contributed by atoms with Crippen LogP contribution in [0.5, 0.6) is 5.75 Å². The molecule has 2 aromatic carbocycles. The van der Waals surface area contributed by atoms with Crippen molar-refractivity contribution in [1.29, 1.82) is 0 Å². The van der Waals surface area contributed by atoms with Crippen LogP contribution in [0.4, 0.5) is 4.39 Å². The Bertz CT molecular complexity index is 454. The highest BCUT2D eigenvalue weighted by molar-refractivity contribution is 5.88. The lowest BCUT2D eigenvalue weighted by Gasteiger charge is -2.06. The third-order valence-electron chi connectivity index (χ3n) is 2.02. The molecule has 2 rings (SSSR count). The van der Waals surface area contributed by atoms with Gasteiger partial charge in [0, 0.05) is 5.39 Å². The summed E-state index contributed by atoms with van der Waals surface area (Å²) in [7, 11) is 0. The molecule has 3 heteroatoms. The largest absolute Gasteiger partial charge is 0.467 e. The van der Waals surface area contributed by atoms with E-state index >= 15 is 0 Å². The zero-order chi connectivity index (χ0) is 9.97. The van der Waals surface area contributed by atoms with Crippen LogP contribution in [-0.4, -0.2) is 11.9 Å². The van der Waals surface area contributed by atoms with Gasteiger partial charge in [0.25, 0.3) is 0 Å². The molecule has 72 valence electrons. The zero-order valence-corrected chi connectivity index (χ0v) is 7.40. The molecule has 0 amide bonds. The second-order valence-corrected chi connectivity index (χ2v) is 2.90. The van der Waals surface area contributed by atoms with Crippen LogP contribution in [0.25, 0.3) is 10.8 Å². The lowest BCUT2D eigenvalue weighted by atomic mass is 10.1. The van der Waals surface area contributed by atoms with E-state index in [2.05, 4.69) is 0 Å². The predicted molar refractivity (Wildman–Crippen MR) is 51.6 cm³/mol. The van der Waals surface area contributed by atoms with Crippen molar-refractivity contribution < 1.29 is 14.2 Å². The van der Waals surface area contributed by atoms with Crippen LogP contribution < -0.4 is 4.74 Å².